The van der Waals surface area contributed by atoms with Crippen LogP contribution in [-0.2, 0) is 4.79 Å². The van der Waals surface area contributed by atoms with E-state index >= 15 is 0 Å². The molecule has 3 N–H and O–H groups in total. The minimum absolute atomic E-state index is 0.124. The Morgan fingerprint density at radius 2 is 2.24 bits per heavy atom. The van der Waals surface area contributed by atoms with E-state index in [-0.39, 0.29) is 11.9 Å². The second kappa shape index (κ2) is 7.67. The molecule has 4 nitrogen and oxygen atoms in total. The lowest BCUT2D eigenvalue weighted by Gasteiger charge is -2.34. The molecule has 0 aromatic rings. The van der Waals surface area contributed by atoms with Gasteiger partial charge >= 0.3 is 0 Å². The van der Waals surface area contributed by atoms with Crippen LogP contribution in [0.3, 0.4) is 0 Å². The second-order valence-corrected chi connectivity index (χ2v) is 4.98. The summed E-state index contributed by atoms with van der Waals surface area (Å²) in [7, 11) is 0. The Morgan fingerprint density at radius 1 is 1.47 bits per heavy atom. The number of hydrogen-bond acceptors (Lipinski definition) is 3. The van der Waals surface area contributed by atoms with Crippen LogP contribution in [0.5, 0.6) is 0 Å². The van der Waals surface area contributed by atoms with Crippen LogP contribution in [0.15, 0.2) is 0 Å². The molecule has 1 aliphatic rings. The minimum atomic E-state index is 0.124. The van der Waals surface area contributed by atoms with E-state index in [4.69, 9.17) is 5.73 Å². The molecule has 0 spiro atoms. The van der Waals surface area contributed by atoms with Crippen LogP contribution in [0.2, 0.25) is 0 Å². The molecule has 0 aromatic heterocycles. The topological polar surface area (TPSA) is 58.4 Å². The number of hydrogen-bond donors (Lipinski definition) is 2. The van der Waals surface area contributed by atoms with Gasteiger partial charge in [-0.3, -0.25) is 9.69 Å². The van der Waals surface area contributed by atoms with Crippen molar-refractivity contribution in [1.29, 1.82) is 0 Å². The van der Waals surface area contributed by atoms with E-state index < -0.39 is 0 Å². The lowest BCUT2D eigenvalue weighted by Crippen LogP contribution is -2.47. The quantitative estimate of drug-likeness (QED) is 0.758. The molecule has 0 aromatic carbocycles. The fraction of sp³-hybridized carbons (Fsp3) is 0.923. The maximum Gasteiger partial charge on any atom is 0.221 e. The van der Waals surface area contributed by atoms with Gasteiger partial charge in [0.1, 0.15) is 0 Å². The Hall–Kier alpha value is -0.610. The number of rotatable bonds is 5. The summed E-state index contributed by atoms with van der Waals surface area (Å²) in [5.41, 5.74) is 5.84. The summed E-state index contributed by atoms with van der Waals surface area (Å²) in [4.78, 5) is 14.1. The van der Waals surface area contributed by atoms with Gasteiger partial charge < -0.3 is 11.1 Å². The van der Waals surface area contributed by atoms with Crippen molar-refractivity contribution in [3.8, 4) is 0 Å². The Balaban J connectivity index is 2.54. The van der Waals surface area contributed by atoms with Crippen molar-refractivity contribution in [2.24, 2.45) is 5.73 Å². The van der Waals surface area contributed by atoms with Gasteiger partial charge in [0, 0.05) is 31.6 Å². The van der Waals surface area contributed by atoms with Crippen molar-refractivity contribution < 1.29 is 4.79 Å². The molecular formula is C13H27N3O. The highest BCUT2D eigenvalue weighted by Gasteiger charge is 2.25. The van der Waals surface area contributed by atoms with E-state index in [0.29, 0.717) is 25.6 Å². The normalized spacial score (nSPS) is 24.1. The molecule has 100 valence electrons. The number of amides is 1. The number of carbonyl (C=O) groups excluding carboxylic acids is 1. The molecule has 1 heterocycles. The first-order chi connectivity index (χ1) is 8.19. The average Bonchev–Trinajstić information content (AvgIpc) is 2.51. The molecule has 4 heteroatoms. The number of likely N-dealkylation sites (tertiary alicyclic amines) is 1. The van der Waals surface area contributed by atoms with Crippen LogP contribution < -0.4 is 11.1 Å². The highest BCUT2D eigenvalue weighted by molar-refractivity contribution is 5.76. The van der Waals surface area contributed by atoms with Crippen molar-refractivity contribution in [3.63, 3.8) is 0 Å². The highest BCUT2D eigenvalue weighted by atomic mass is 16.1. The fourth-order valence-electron chi connectivity index (χ4n) is 2.66. The SMILES string of the molecule is CCNC(=O)CC(CN)N1CCCCCC1C. The maximum atomic E-state index is 11.7. The molecule has 2 atom stereocenters. The summed E-state index contributed by atoms with van der Waals surface area (Å²) in [5.74, 6) is 0.124. The van der Waals surface area contributed by atoms with Crippen LogP contribution in [0.1, 0.15) is 46.0 Å². The zero-order chi connectivity index (χ0) is 12.7. The third-order valence-corrected chi connectivity index (χ3v) is 3.64. The van der Waals surface area contributed by atoms with E-state index in [2.05, 4.69) is 17.1 Å². The Kier molecular flexibility index (Phi) is 6.52. The average molecular weight is 241 g/mol. The smallest absolute Gasteiger partial charge is 0.221 e. The number of carbonyl (C=O) groups is 1. The van der Waals surface area contributed by atoms with Crippen LogP contribution in [0, 0.1) is 0 Å². The molecule has 1 rings (SSSR count). The van der Waals surface area contributed by atoms with Crippen LogP contribution in [-0.4, -0.2) is 42.5 Å². The fourth-order valence-corrected chi connectivity index (χ4v) is 2.66. The standard InChI is InChI=1S/C13H27N3O/c1-3-15-13(17)9-12(10-14)16-8-6-4-5-7-11(16)2/h11-12H,3-10,14H2,1-2H3,(H,15,17). The number of nitrogens with one attached hydrogen (secondary N) is 1. The molecule has 0 radical (unpaired) electrons. The number of nitrogens with zero attached hydrogens (tertiary/aromatic N) is 1. The number of nitrogens with two attached hydrogens (primary N) is 1. The van der Waals surface area contributed by atoms with E-state index in [0.717, 1.165) is 6.54 Å². The predicted octanol–water partition coefficient (Wildman–Crippen LogP) is 1.10. The molecule has 0 bridgehead atoms. The van der Waals surface area contributed by atoms with Gasteiger partial charge in [0.15, 0.2) is 0 Å². The minimum Gasteiger partial charge on any atom is -0.356 e. The molecule has 2 unspecified atom stereocenters. The monoisotopic (exact) mass is 241 g/mol. The van der Waals surface area contributed by atoms with E-state index in [9.17, 15) is 4.79 Å². The van der Waals surface area contributed by atoms with Crippen LogP contribution in [0.25, 0.3) is 0 Å². The molecule has 0 aliphatic carbocycles. The van der Waals surface area contributed by atoms with Gasteiger partial charge in [0.05, 0.1) is 0 Å². The summed E-state index contributed by atoms with van der Waals surface area (Å²) in [6, 6.07) is 0.759. The molecular weight excluding hydrogens is 214 g/mol. The van der Waals surface area contributed by atoms with Crippen molar-refractivity contribution in [3.05, 3.63) is 0 Å². The Bertz CT molecular complexity index is 233. The van der Waals surface area contributed by atoms with Crippen LogP contribution in [0.4, 0.5) is 0 Å². The van der Waals surface area contributed by atoms with Crippen molar-refractivity contribution >= 4 is 5.91 Å². The summed E-state index contributed by atoms with van der Waals surface area (Å²) < 4.78 is 0. The van der Waals surface area contributed by atoms with Crippen LogP contribution >= 0.6 is 0 Å². The lowest BCUT2D eigenvalue weighted by atomic mass is 10.1. The van der Waals surface area contributed by atoms with Gasteiger partial charge in [-0.05, 0) is 33.2 Å². The summed E-state index contributed by atoms with van der Waals surface area (Å²) in [6.45, 7) is 6.56. The molecule has 1 fully saturated rings. The van der Waals surface area contributed by atoms with Gasteiger partial charge in [-0.2, -0.15) is 0 Å². The van der Waals surface area contributed by atoms with Crippen molar-refractivity contribution in [1.82, 2.24) is 10.2 Å². The van der Waals surface area contributed by atoms with Crippen molar-refractivity contribution in [2.45, 2.75) is 58.0 Å². The summed E-state index contributed by atoms with van der Waals surface area (Å²) >= 11 is 0. The molecule has 1 amide bonds. The summed E-state index contributed by atoms with van der Waals surface area (Å²) in [6.07, 6.45) is 5.60. The molecule has 0 saturated carbocycles. The van der Waals surface area contributed by atoms with Gasteiger partial charge in [0.25, 0.3) is 0 Å². The Labute approximate surface area is 105 Å². The third kappa shape index (κ3) is 4.64. The first-order valence-electron chi connectivity index (χ1n) is 6.91. The van der Waals surface area contributed by atoms with E-state index in [1.165, 1.54) is 25.7 Å². The second-order valence-electron chi connectivity index (χ2n) is 4.98. The zero-order valence-electron chi connectivity index (χ0n) is 11.2. The largest absolute Gasteiger partial charge is 0.356 e. The molecule has 17 heavy (non-hydrogen) atoms. The zero-order valence-corrected chi connectivity index (χ0v) is 11.2. The lowest BCUT2D eigenvalue weighted by molar-refractivity contribution is -0.122. The van der Waals surface area contributed by atoms with Gasteiger partial charge in [-0.1, -0.05) is 12.8 Å². The summed E-state index contributed by atoms with van der Waals surface area (Å²) in [5, 5.41) is 2.86. The van der Waals surface area contributed by atoms with E-state index in [1.54, 1.807) is 0 Å². The first kappa shape index (κ1) is 14.5. The highest BCUT2D eigenvalue weighted by Crippen LogP contribution is 2.19. The van der Waals surface area contributed by atoms with Gasteiger partial charge in [-0.25, -0.2) is 0 Å². The molecule has 1 saturated heterocycles. The maximum absolute atomic E-state index is 11.7. The first-order valence-corrected chi connectivity index (χ1v) is 6.91. The third-order valence-electron chi connectivity index (χ3n) is 3.64. The molecule has 1 aliphatic heterocycles. The van der Waals surface area contributed by atoms with E-state index in [1.807, 2.05) is 6.92 Å². The van der Waals surface area contributed by atoms with Gasteiger partial charge in [-0.15, -0.1) is 0 Å². The Morgan fingerprint density at radius 3 is 2.88 bits per heavy atom. The predicted molar refractivity (Wildman–Crippen MR) is 70.8 cm³/mol. The van der Waals surface area contributed by atoms with Crippen molar-refractivity contribution in [2.75, 3.05) is 19.6 Å². The van der Waals surface area contributed by atoms with Gasteiger partial charge in [0.2, 0.25) is 5.91 Å².